The summed E-state index contributed by atoms with van der Waals surface area (Å²) in [6, 6.07) is 78.1. The zero-order valence-electron chi connectivity index (χ0n) is 32.5. The number of hydrogen-bond acceptors (Lipinski definition) is 1. The number of hydrogen-bond donors (Lipinski definition) is 0. The van der Waals surface area contributed by atoms with Gasteiger partial charge in [0.15, 0.2) is 0 Å². The predicted octanol–water partition coefficient (Wildman–Crippen LogP) is 15.0. The highest BCUT2D eigenvalue weighted by Crippen LogP contribution is 2.58. The van der Waals surface area contributed by atoms with Crippen molar-refractivity contribution in [2.24, 2.45) is 0 Å². The second-order valence-corrected chi connectivity index (χ2v) is 16.9. The summed E-state index contributed by atoms with van der Waals surface area (Å²) in [5, 5.41) is 5.06. The molecule has 0 amide bonds. The molecule has 2 aromatic heterocycles. The molecule has 1 unspecified atom stereocenters. The Kier molecular flexibility index (Phi) is 7.63. The smallest absolute Gasteiger partial charge is 0.0683 e. The average molecular weight is 771 g/mol. The van der Waals surface area contributed by atoms with E-state index in [4.69, 9.17) is 0 Å². The third-order valence-electron chi connectivity index (χ3n) is 12.6. The Labute approximate surface area is 347 Å². The fraction of sp³-hybridized carbons (Fsp3) is 0.0357. The van der Waals surface area contributed by atoms with Gasteiger partial charge in [-0.1, -0.05) is 182 Å². The number of fused-ring (bicyclic) bond motifs is 10. The van der Waals surface area contributed by atoms with Crippen LogP contribution in [0.25, 0.3) is 77.2 Å². The lowest BCUT2D eigenvalue weighted by atomic mass is 9.70. The van der Waals surface area contributed by atoms with E-state index in [9.17, 15) is 0 Å². The second-order valence-electron chi connectivity index (χ2n) is 15.8. The van der Waals surface area contributed by atoms with Crippen molar-refractivity contribution >= 4 is 55.4 Å². The Morgan fingerprint density at radius 2 is 0.915 bits per heavy atom. The molecule has 278 valence electrons. The zero-order chi connectivity index (χ0) is 39.1. The van der Waals surface area contributed by atoms with Crippen molar-refractivity contribution in [1.82, 2.24) is 9.13 Å². The molecular formula is C56H38N2S. The molecule has 1 atom stereocenters. The molecule has 9 aromatic carbocycles. The predicted molar refractivity (Wildman–Crippen MR) is 249 cm³/mol. The summed E-state index contributed by atoms with van der Waals surface area (Å²) in [5.41, 5.74) is 15.6. The summed E-state index contributed by atoms with van der Waals surface area (Å²) in [6.07, 6.45) is 0. The second kappa shape index (κ2) is 13.2. The van der Waals surface area contributed by atoms with E-state index in [-0.39, 0.29) is 0 Å². The molecule has 1 aliphatic rings. The van der Waals surface area contributed by atoms with E-state index >= 15 is 0 Å². The van der Waals surface area contributed by atoms with Crippen LogP contribution in [0.4, 0.5) is 0 Å². The van der Waals surface area contributed by atoms with Crippen LogP contribution < -0.4 is 0 Å². The first-order valence-electron chi connectivity index (χ1n) is 20.4. The van der Waals surface area contributed by atoms with Crippen LogP contribution in [0.15, 0.2) is 222 Å². The molecule has 0 N–H and O–H groups in total. The van der Waals surface area contributed by atoms with Crippen LogP contribution in [0, 0.1) is 0 Å². The third kappa shape index (κ3) is 5.08. The third-order valence-corrected chi connectivity index (χ3v) is 13.8. The van der Waals surface area contributed by atoms with Gasteiger partial charge in [0, 0.05) is 53.7 Å². The van der Waals surface area contributed by atoms with Crippen LogP contribution in [0.3, 0.4) is 0 Å². The normalized spacial score (nSPS) is 14.9. The van der Waals surface area contributed by atoms with Gasteiger partial charge in [-0.25, -0.2) is 0 Å². The fourth-order valence-electron chi connectivity index (χ4n) is 9.87. The lowest BCUT2D eigenvalue weighted by Crippen LogP contribution is -2.30. The van der Waals surface area contributed by atoms with Crippen molar-refractivity contribution in [3.63, 3.8) is 0 Å². The first-order chi connectivity index (χ1) is 29.2. The molecule has 3 heterocycles. The zero-order valence-corrected chi connectivity index (χ0v) is 33.3. The monoisotopic (exact) mass is 770 g/mol. The van der Waals surface area contributed by atoms with E-state index in [0.29, 0.717) is 0 Å². The average Bonchev–Trinajstić information content (AvgIpc) is 3.83. The first kappa shape index (κ1) is 34.0. The molecule has 12 rings (SSSR count). The molecule has 0 radical (unpaired) electrons. The van der Waals surface area contributed by atoms with Crippen molar-refractivity contribution < 1.29 is 0 Å². The lowest BCUT2D eigenvalue weighted by molar-refractivity contribution is 0.661. The Hall–Kier alpha value is -7.07. The highest BCUT2D eigenvalue weighted by Gasteiger charge is 2.43. The molecule has 59 heavy (non-hydrogen) atoms. The standard InChI is InChI=1S/C56H38N2S/c1-56(41-21-9-4-10-22-41)48-34-32-47-45-25-12-13-26-49(45)57(42-30-28-39(29-31-42)37-16-5-2-6-17-37)54(47)55(48)59-51-35-33-46-44-24-11-14-27-50(44)58(53(46)52(51)56)43-23-15-20-40(36-43)38-18-7-3-8-19-38/h2-36H,1H3. The minimum Gasteiger partial charge on any atom is -0.309 e. The van der Waals surface area contributed by atoms with Gasteiger partial charge in [-0.3, -0.25) is 0 Å². The molecule has 0 spiro atoms. The van der Waals surface area contributed by atoms with E-state index in [1.165, 1.54) is 92.3 Å². The number of para-hydroxylation sites is 2. The molecule has 0 bridgehead atoms. The topological polar surface area (TPSA) is 9.86 Å². The minimum atomic E-state index is -0.494. The van der Waals surface area contributed by atoms with Gasteiger partial charge < -0.3 is 9.13 Å². The minimum absolute atomic E-state index is 0.494. The molecular weight excluding hydrogens is 733 g/mol. The number of nitrogens with zero attached hydrogens (tertiary/aromatic N) is 2. The van der Waals surface area contributed by atoms with Crippen LogP contribution >= 0.6 is 11.8 Å². The summed E-state index contributed by atoms with van der Waals surface area (Å²) in [6.45, 7) is 2.47. The quantitative estimate of drug-likeness (QED) is 0.169. The molecule has 2 nitrogen and oxygen atoms in total. The molecule has 0 fully saturated rings. The highest BCUT2D eigenvalue weighted by atomic mass is 32.2. The van der Waals surface area contributed by atoms with E-state index in [1.807, 2.05) is 11.8 Å². The first-order valence-corrected chi connectivity index (χ1v) is 21.2. The van der Waals surface area contributed by atoms with Crippen molar-refractivity contribution in [2.75, 3.05) is 0 Å². The summed E-state index contributed by atoms with van der Waals surface area (Å²) < 4.78 is 5.04. The fourth-order valence-corrected chi connectivity index (χ4v) is 11.3. The number of benzene rings is 9. The molecule has 3 heteroatoms. The van der Waals surface area contributed by atoms with Crippen LogP contribution in [-0.4, -0.2) is 9.13 Å². The summed E-state index contributed by atoms with van der Waals surface area (Å²) >= 11 is 1.93. The summed E-state index contributed by atoms with van der Waals surface area (Å²) in [7, 11) is 0. The Bertz CT molecular complexity index is 3400. The molecule has 1 aliphatic heterocycles. The van der Waals surface area contributed by atoms with E-state index in [1.54, 1.807) is 0 Å². The maximum atomic E-state index is 2.53. The Morgan fingerprint density at radius 3 is 1.59 bits per heavy atom. The molecule has 0 aliphatic carbocycles. The highest BCUT2D eigenvalue weighted by molar-refractivity contribution is 7.99. The van der Waals surface area contributed by atoms with Crippen molar-refractivity contribution in [2.45, 2.75) is 22.1 Å². The van der Waals surface area contributed by atoms with Gasteiger partial charge in [0.05, 0.1) is 22.1 Å². The molecule has 0 saturated carbocycles. The van der Waals surface area contributed by atoms with Gasteiger partial charge in [0.1, 0.15) is 0 Å². The van der Waals surface area contributed by atoms with Gasteiger partial charge in [-0.2, -0.15) is 0 Å². The maximum absolute atomic E-state index is 2.53. The Balaban J connectivity index is 1.16. The Morgan fingerprint density at radius 1 is 0.390 bits per heavy atom. The van der Waals surface area contributed by atoms with Gasteiger partial charge in [0.2, 0.25) is 0 Å². The van der Waals surface area contributed by atoms with Gasteiger partial charge in [0.25, 0.3) is 0 Å². The number of rotatable bonds is 5. The SMILES string of the molecule is CC1(c2ccccc2)c2ccc3c4ccccc4n(-c4ccc(-c5ccccc5)cc4)c3c2Sc2ccc3c4ccccc4n(-c4cccc(-c5ccccc5)c4)c3c21. The van der Waals surface area contributed by atoms with Crippen molar-refractivity contribution in [3.8, 4) is 33.6 Å². The van der Waals surface area contributed by atoms with Crippen LogP contribution in [0.2, 0.25) is 0 Å². The summed E-state index contributed by atoms with van der Waals surface area (Å²) in [4.78, 5) is 2.58. The van der Waals surface area contributed by atoms with Crippen LogP contribution in [0.1, 0.15) is 23.6 Å². The van der Waals surface area contributed by atoms with Crippen LogP contribution in [-0.2, 0) is 5.41 Å². The van der Waals surface area contributed by atoms with Gasteiger partial charge >= 0.3 is 0 Å². The van der Waals surface area contributed by atoms with E-state index < -0.39 is 5.41 Å². The van der Waals surface area contributed by atoms with Gasteiger partial charge in [-0.05, 0) is 82.8 Å². The van der Waals surface area contributed by atoms with Crippen LogP contribution in [0.5, 0.6) is 0 Å². The number of aromatic nitrogens is 2. The summed E-state index contributed by atoms with van der Waals surface area (Å²) in [5.74, 6) is 0. The molecule has 0 saturated heterocycles. The van der Waals surface area contributed by atoms with E-state index in [2.05, 4.69) is 228 Å². The molecule has 11 aromatic rings. The largest absolute Gasteiger partial charge is 0.309 e. The van der Waals surface area contributed by atoms with E-state index in [0.717, 1.165) is 11.4 Å². The van der Waals surface area contributed by atoms with Gasteiger partial charge in [-0.15, -0.1) is 0 Å². The lowest BCUT2D eigenvalue weighted by Gasteiger charge is -2.39. The van der Waals surface area contributed by atoms with Crippen molar-refractivity contribution in [3.05, 3.63) is 229 Å². The maximum Gasteiger partial charge on any atom is 0.0683 e. The van der Waals surface area contributed by atoms with Crippen molar-refractivity contribution in [1.29, 1.82) is 0 Å².